The van der Waals surface area contributed by atoms with Gasteiger partial charge in [0.15, 0.2) is 29.9 Å². The van der Waals surface area contributed by atoms with Crippen LogP contribution < -0.4 is 79.6 Å². The molecule has 18 atom stereocenters. The number of benzene rings is 7. The Bertz CT molecular complexity index is 5380. The maximum absolute atomic E-state index is 16.4. The van der Waals surface area contributed by atoms with Gasteiger partial charge >= 0.3 is 5.97 Å². The fourth-order valence-electron chi connectivity index (χ4n) is 15.0. The van der Waals surface area contributed by atoms with Crippen molar-refractivity contribution in [2.24, 2.45) is 17.5 Å². The second kappa shape index (κ2) is 37.4. The van der Waals surface area contributed by atoms with Gasteiger partial charge in [0.1, 0.15) is 83.4 Å². The first-order valence-corrected chi connectivity index (χ1v) is 40.6. The number of rotatable bonds is 20. The van der Waals surface area contributed by atoms with Crippen molar-refractivity contribution in [1.82, 2.24) is 57.4 Å². The molecule has 7 aromatic carbocycles. The highest BCUT2D eigenvalue weighted by Crippen LogP contribution is 2.50. The smallest absolute Gasteiger partial charge is 0.330 e. The minimum absolute atomic E-state index is 0.00662. The summed E-state index contributed by atoms with van der Waals surface area (Å²) in [6.07, 6.45) is -18.6. The van der Waals surface area contributed by atoms with Crippen LogP contribution in [0.3, 0.4) is 0 Å². The van der Waals surface area contributed by atoms with Crippen molar-refractivity contribution in [2.75, 3.05) is 24.1 Å². The van der Waals surface area contributed by atoms with Crippen LogP contribution in [0, 0.1) is 5.92 Å². The highest BCUT2D eigenvalue weighted by Gasteiger charge is 2.53. The van der Waals surface area contributed by atoms with E-state index in [-0.39, 0.29) is 69.6 Å². The summed E-state index contributed by atoms with van der Waals surface area (Å²) in [6.45, 7) is 7.13. The Morgan fingerprint density at radius 1 is 0.699 bits per heavy atom. The van der Waals surface area contributed by atoms with Crippen molar-refractivity contribution in [2.45, 2.75) is 168 Å². The largest absolute Gasteiger partial charge is 0.508 e. The number of carbonyl (C=O) groups excluding carboxylic acids is 7. The third kappa shape index (κ3) is 19.5. The number of phenols is 3. The number of nitrogens with two attached hydrogens (primary N) is 3. The molecule has 42 heteroatoms. The van der Waals surface area contributed by atoms with Crippen molar-refractivity contribution in [3.05, 3.63) is 176 Å². The topological polar surface area (TPSA) is 591 Å². The molecule has 7 aliphatic rings. The zero-order chi connectivity index (χ0) is 88.5. The van der Waals surface area contributed by atoms with E-state index in [4.69, 9.17) is 80.6 Å². The van der Waals surface area contributed by atoms with Gasteiger partial charge in [-0.15, -0.1) is 10.2 Å². The normalized spacial score (nSPS) is 26.2. The molecular formula is C81H88Cl3N15O23S. The number of phenolic OH excluding ortho intramolecular Hbond substituents is 3. The monoisotopic (exact) mass is 1780 g/mol. The van der Waals surface area contributed by atoms with Gasteiger partial charge in [-0.3, -0.25) is 39.0 Å². The zero-order valence-electron chi connectivity index (χ0n) is 65.9. The molecule has 2 fully saturated rings. The number of aliphatic carboxylic acids is 1. The number of aliphatic hydroxyl groups excluding tert-OH is 5. The number of carboxylic acids is 1. The molecule has 15 rings (SSSR count). The summed E-state index contributed by atoms with van der Waals surface area (Å²) in [4.78, 5) is 119. The van der Waals surface area contributed by atoms with Crippen LogP contribution in [0.25, 0.3) is 22.3 Å². The molecule has 2 saturated heterocycles. The van der Waals surface area contributed by atoms with Crippen molar-refractivity contribution >= 4 is 99.8 Å². The van der Waals surface area contributed by atoms with Crippen LogP contribution in [-0.2, 0) is 59.1 Å². The number of thioether (sulfide) groups is 1. The molecule has 8 aromatic rings. The highest BCUT2D eigenvalue weighted by molar-refractivity contribution is 7.99. The van der Waals surface area contributed by atoms with Gasteiger partial charge in [-0.25, -0.2) is 15.3 Å². The predicted molar refractivity (Wildman–Crippen MR) is 440 cm³/mol. The first-order chi connectivity index (χ1) is 58.5. The number of likely N-dealkylation sites (N-methyl/N-ethyl adjacent to an activating group) is 1. The van der Waals surface area contributed by atoms with E-state index in [0.717, 1.165) is 99.9 Å². The van der Waals surface area contributed by atoms with Crippen LogP contribution in [0.15, 0.2) is 133 Å². The maximum Gasteiger partial charge on any atom is 0.330 e. The number of carbonyl (C=O) groups is 8. The fourth-order valence-corrected chi connectivity index (χ4v) is 16.5. The average molecular weight is 1780 g/mol. The first-order valence-electron chi connectivity index (χ1n) is 38.4. The van der Waals surface area contributed by atoms with E-state index in [1.165, 1.54) is 19.2 Å². The quantitative estimate of drug-likeness (QED) is 0.0294. The van der Waals surface area contributed by atoms with Crippen molar-refractivity contribution in [3.63, 3.8) is 0 Å². The predicted octanol–water partition coefficient (Wildman–Crippen LogP) is 3.65. The number of hydrogen-bond acceptors (Lipinski definition) is 30. The highest BCUT2D eigenvalue weighted by atomic mass is 35.5. The molecule has 0 radical (unpaired) electrons. The van der Waals surface area contributed by atoms with E-state index in [2.05, 4.69) is 58.2 Å². The number of hydrogen-bond donors (Lipinski definition) is 21. The molecule has 1 aromatic heterocycles. The van der Waals surface area contributed by atoms with Crippen LogP contribution in [0.4, 0.5) is 5.95 Å². The summed E-state index contributed by atoms with van der Waals surface area (Å²) in [7, 11) is 1.48. The number of primary amides is 1. The molecule has 8 heterocycles. The Labute approximate surface area is 719 Å². The average Bonchev–Trinajstić information content (AvgIpc) is 1.03. The van der Waals surface area contributed by atoms with E-state index in [1.807, 2.05) is 50.2 Å². The molecule has 7 aliphatic heterocycles. The van der Waals surface area contributed by atoms with Gasteiger partial charge in [0.25, 0.3) is 5.95 Å². The van der Waals surface area contributed by atoms with Crippen molar-refractivity contribution in [1.29, 1.82) is 0 Å². The number of aromatic hydroxyl groups is 3. The van der Waals surface area contributed by atoms with E-state index >= 15 is 24.0 Å². The molecule has 38 nitrogen and oxygen atoms in total. The van der Waals surface area contributed by atoms with Crippen LogP contribution in [-0.4, -0.2) is 200 Å². The summed E-state index contributed by atoms with van der Waals surface area (Å²) < 4.78 is 41.6. The van der Waals surface area contributed by atoms with E-state index < -0.39 is 231 Å². The number of fused-ring (bicyclic) bond motifs is 15. The number of nitrogens with one attached hydrogen (secondary N) is 9. The Morgan fingerprint density at radius 3 is 1.93 bits per heavy atom. The van der Waals surface area contributed by atoms with Gasteiger partial charge < -0.3 is 128 Å². The second-order valence-electron chi connectivity index (χ2n) is 30.6. The third-order valence-electron chi connectivity index (χ3n) is 21.6. The number of nitrogens with zero attached hydrogens (tertiary/aromatic N) is 3. The van der Waals surface area contributed by atoms with Gasteiger partial charge in [0.2, 0.25) is 58.5 Å². The van der Waals surface area contributed by atoms with Gasteiger partial charge in [-0.2, -0.15) is 0 Å². The number of anilines is 1. The zero-order valence-corrected chi connectivity index (χ0v) is 69.0. The van der Waals surface area contributed by atoms with Crippen LogP contribution in [0.5, 0.6) is 46.0 Å². The number of ether oxygens (including phenoxy) is 6. The fraction of sp³-hybridized carbons (Fsp3) is 0.358. The molecule has 652 valence electrons. The molecule has 7 amide bonds. The van der Waals surface area contributed by atoms with Crippen molar-refractivity contribution < 1.29 is 113 Å². The summed E-state index contributed by atoms with van der Waals surface area (Å²) in [5, 5.41) is 136. The number of nitrogen functional groups attached to an aromatic ring is 2. The summed E-state index contributed by atoms with van der Waals surface area (Å²) in [5.41, 5.74) is 6.58. The Morgan fingerprint density at radius 2 is 1.32 bits per heavy atom. The van der Waals surface area contributed by atoms with Crippen LogP contribution in [0.1, 0.15) is 111 Å². The van der Waals surface area contributed by atoms with Crippen LogP contribution in [0.2, 0.25) is 15.1 Å². The Hall–Kier alpha value is -11.4. The molecule has 11 bridgehead atoms. The lowest BCUT2D eigenvalue weighted by molar-refractivity contribution is -0.330. The SMILES string of the molecule is CN[C@@H](CC(C)C)C(=O)N[C@H]1C(=O)N[C@@H](CC(N)=O)C(=O)N[C@H]2C(=O)N[C@H]3C(=O)N[C@H](C(=O)N[C@@H](C(=O)O)c4cc(O)cc(O)c4-c4cc3ccc4O)[C@H](O)c3ccc(c(Cl)c3)Oc3cc2cc(c3OC2OC(CSc3nnc(NN)n3N)C(O)C(O)C2OC2CC(C)(NCc3ccc(-c4ccc(Cl)cc4)cc3)C(O)C(C)O2)Oc2ccc(cc2Cl)[C@H]1O. The molecule has 0 spiro atoms. The number of carboxylic acid groups (broad SMARTS) is 1. The summed E-state index contributed by atoms with van der Waals surface area (Å²) in [6, 6.07) is 14.3. The first kappa shape index (κ1) is 89.4. The number of aromatic nitrogens is 3. The minimum atomic E-state index is -2.38. The van der Waals surface area contributed by atoms with Gasteiger partial charge in [-0.1, -0.05) is 115 Å². The number of aliphatic hydroxyl groups is 5. The second-order valence-corrected chi connectivity index (χ2v) is 32.9. The molecule has 0 saturated carbocycles. The Balaban J connectivity index is 1.00. The number of halogens is 3. The summed E-state index contributed by atoms with van der Waals surface area (Å²) in [5.74, 6) is -4.63. The maximum atomic E-state index is 16.4. The standard InChI is InChI=1S/C81H88Cl3N15O23S/c1-32(2)20-47(88-5)71(109)94-62-64(104)38-13-18-51(45(83)22-38)118-53-24-40-25-54(68(53)122-78-69(67(107)66(106)55(120-78)31-123-80-98-97-79(96-86)99(80)87)121-57-29-81(4,70(108)33(3)117-57)89-30-34-6-8-35(9-7-34)36-10-15-41(82)16-11-36)119-52-19-14-39(23-46(52)84)65(105)63-76(114)93-61(77(115)116)44-26-42(100)27-50(102)58(44)43-21-37(12-17-49(43)101)59(73(111)95-63)92-74(112)60(40)91-72(110)48(28-56(85)103)90-75(62)113/h6-19,21-27,32-33,47-48,55,57,59-67,69-70,78,88-89,100-102,104-108H,20,28-31,86-87H2,1-5H3,(H2,85,103)(H,90,113)(H,91,110)(H,92,112)(H,93,114)(H,94,109)(H,95,111)(H,96,97)(H,115,116)/t33?,47-,48-,55?,57?,59+,60+,61+,62+,63-,64+,65+,66?,67?,69?,70?,78?,81?/m0/s1. The number of hydrazine groups is 1. The molecule has 123 heavy (non-hydrogen) atoms. The lowest BCUT2D eigenvalue weighted by Gasteiger charge is -2.48. The van der Waals surface area contributed by atoms with E-state index in [1.54, 1.807) is 26.0 Å². The Kier molecular flexibility index (Phi) is 27.1. The molecule has 0 aliphatic carbocycles. The summed E-state index contributed by atoms with van der Waals surface area (Å²) >= 11 is 21.5. The van der Waals surface area contributed by atoms with Crippen molar-refractivity contribution in [3.8, 4) is 68.2 Å². The molecule has 9 unspecified atom stereocenters. The lowest BCUT2D eigenvalue weighted by atomic mass is 9.84. The van der Waals surface area contributed by atoms with Gasteiger partial charge in [0, 0.05) is 52.0 Å². The molecular weight excluding hydrogens is 1690 g/mol. The number of amides is 7. The van der Waals surface area contributed by atoms with E-state index in [0.29, 0.717) is 5.02 Å². The van der Waals surface area contributed by atoms with Gasteiger partial charge in [-0.05, 0) is 139 Å². The lowest BCUT2D eigenvalue weighted by Crippen LogP contribution is -2.65. The van der Waals surface area contributed by atoms with E-state index in [9.17, 15) is 60.3 Å². The third-order valence-corrected chi connectivity index (χ3v) is 23.4. The van der Waals surface area contributed by atoms with Gasteiger partial charge in [0.05, 0.1) is 40.8 Å². The minimum Gasteiger partial charge on any atom is -0.508 e. The van der Waals surface area contributed by atoms with Crippen LogP contribution >= 0.6 is 46.6 Å². The molecule has 24 N–H and O–H groups in total.